The summed E-state index contributed by atoms with van der Waals surface area (Å²) >= 11 is 0. The van der Waals surface area contributed by atoms with E-state index in [0.717, 1.165) is 77.7 Å². The van der Waals surface area contributed by atoms with Crippen LogP contribution in [0.2, 0.25) is 0 Å². The summed E-state index contributed by atoms with van der Waals surface area (Å²) in [5, 5.41) is 8.09. The number of fused-ring (bicyclic) bond motifs is 1. The third-order valence-electron chi connectivity index (χ3n) is 5.45. The van der Waals surface area contributed by atoms with E-state index in [4.69, 9.17) is 9.47 Å². The molecule has 2 heterocycles. The molecule has 1 saturated heterocycles. The Kier molecular flexibility index (Phi) is 11.5. The van der Waals surface area contributed by atoms with Crippen LogP contribution in [-0.2, 0) is 15.9 Å². The lowest BCUT2D eigenvalue weighted by Gasteiger charge is -2.21. The van der Waals surface area contributed by atoms with Crippen LogP contribution in [0.4, 0.5) is 0 Å². The van der Waals surface area contributed by atoms with Crippen LogP contribution in [0.5, 0.6) is 0 Å². The van der Waals surface area contributed by atoms with Crippen LogP contribution in [0.1, 0.15) is 37.3 Å². The van der Waals surface area contributed by atoms with Gasteiger partial charge >= 0.3 is 0 Å². The van der Waals surface area contributed by atoms with Crippen LogP contribution in [0.15, 0.2) is 29.4 Å². The van der Waals surface area contributed by atoms with E-state index >= 15 is 0 Å². The summed E-state index contributed by atoms with van der Waals surface area (Å²) in [6, 6.07) is 6.45. The number of aliphatic imine (C=N–C) groups is 1. The average molecular weight is 528 g/mol. The van der Waals surface area contributed by atoms with Crippen LogP contribution < -0.4 is 10.6 Å². The highest BCUT2D eigenvalue weighted by atomic mass is 127. The van der Waals surface area contributed by atoms with Crippen LogP contribution in [0.25, 0.3) is 10.9 Å². The van der Waals surface area contributed by atoms with Crippen LogP contribution >= 0.6 is 24.0 Å². The molecule has 0 saturated carbocycles. The van der Waals surface area contributed by atoms with Gasteiger partial charge in [-0.25, -0.2) is 0 Å². The monoisotopic (exact) mass is 528 g/mol. The summed E-state index contributed by atoms with van der Waals surface area (Å²) in [7, 11) is 0. The van der Waals surface area contributed by atoms with Gasteiger partial charge in [-0.2, -0.15) is 0 Å². The van der Waals surface area contributed by atoms with Crippen molar-refractivity contribution >= 4 is 40.8 Å². The van der Waals surface area contributed by atoms with Crippen molar-refractivity contribution < 1.29 is 9.47 Å². The number of aromatic amines is 1. The lowest BCUT2D eigenvalue weighted by atomic mass is 10.0. The molecule has 1 aromatic carbocycles. The van der Waals surface area contributed by atoms with E-state index in [1.54, 1.807) is 0 Å². The second-order valence-corrected chi connectivity index (χ2v) is 7.73. The van der Waals surface area contributed by atoms with Crippen LogP contribution in [0.3, 0.4) is 0 Å². The first-order valence-electron chi connectivity index (χ1n) is 11.0. The smallest absolute Gasteiger partial charge is 0.191 e. The van der Waals surface area contributed by atoms with Gasteiger partial charge in [-0.05, 0) is 56.6 Å². The fourth-order valence-electron chi connectivity index (χ4n) is 3.75. The minimum Gasteiger partial charge on any atom is -0.381 e. The number of halogens is 1. The summed E-state index contributed by atoms with van der Waals surface area (Å²) in [5.41, 5.74) is 3.87. The quantitative estimate of drug-likeness (QED) is 0.189. The third-order valence-corrected chi connectivity index (χ3v) is 5.45. The van der Waals surface area contributed by atoms with Crippen molar-refractivity contribution in [3.8, 4) is 0 Å². The van der Waals surface area contributed by atoms with Crippen LogP contribution in [-0.4, -0.2) is 57.0 Å². The topological polar surface area (TPSA) is 70.7 Å². The van der Waals surface area contributed by atoms with Crippen molar-refractivity contribution in [2.45, 2.75) is 39.5 Å². The first-order chi connectivity index (χ1) is 14.3. The third kappa shape index (κ3) is 7.74. The fraction of sp³-hybridized carbons (Fsp3) is 0.609. The standard InChI is InChI=1S/C23H36N4O2.HI/c1-3-24-23(25-11-5-13-29-17-19-9-14-28-15-10-19)26-12-8-20-16-27-22-18(2)6-4-7-21(20)22;/h4,6-7,16,19,27H,3,5,8-15,17H2,1-2H3,(H2,24,25,26);1H. The Balaban J connectivity index is 0.00000320. The number of benzene rings is 1. The van der Waals surface area contributed by atoms with E-state index in [0.29, 0.717) is 5.92 Å². The Morgan fingerprint density at radius 1 is 1.27 bits per heavy atom. The Hall–Kier alpha value is -1.32. The van der Waals surface area contributed by atoms with E-state index in [2.05, 4.69) is 58.9 Å². The number of guanidine groups is 1. The predicted octanol–water partition coefficient (Wildman–Crippen LogP) is 4.03. The Morgan fingerprint density at radius 3 is 2.90 bits per heavy atom. The molecule has 0 aliphatic carbocycles. The van der Waals surface area contributed by atoms with E-state index in [-0.39, 0.29) is 24.0 Å². The van der Waals surface area contributed by atoms with Gasteiger partial charge < -0.3 is 25.1 Å². The maximum Gasteiger partial charge on any atom is 0.191 e. The van der Waals surface area contributed by atoms with Crippen molar-refractivity contribution in [2.24, 2.45) is 10.9 Å². The van der Waals surface area contributed by atoms with Gasteiger partial charge in [0.25, 0.3) is 0 Å². The normalized spacial score (nSPS) is 15.2. The summed E-state index contributed by atoms with van der Waals surface area (Å²) in [6.45, 7) is 10.1. The SMILES string of the molecule is CCNC(=NCCCOCC1CCOCC1)NCCc1c[nH]c2c(C)cccc12.I. The van der Waals surface area contributed by atoms with E-state index in [9.17, 15) is 0 Å². The first kappa shape index (κ1) is 24.9. The number of H-pyrrole nitrogens is 1. The molecule has 3 N–H and O–H groups in total. The van der Waals surface area contributed by atoms with Gasteiger partial charge in [-0.3, -0.25) is 4.99 Å². The highest BCUT2D eigenvalue weighted by Crippen LogP contribution is 2.21. The number of aryl methyl sites for hydroxylation is 1. The molecule has 1 fully saturated rings. The number of aromatic nitrogens is 1. The molecule has 0 amide bonds. The summed E-state index contributed by atoms with van der Waals surface area (Å²) in [5.74, 6) is 1.55. The zero-order chi connectivity index (χ0) is 20.3. The van der Waals surface area contributed by atoms with Gasteiger partial charge in [-0.15, -0.1) is 24.0 Å². The second kappa shape index (κ2) is 13.9. The molecule has 0 unspecified atom stereocenters. The molecule has 0 atom stereocenters. The number of nitrogens with one attached hydrogen (secondary N) is 3. The second-order valence-electron chi connectivity index (χ2n) is 7.73. The average Bonchev–Trinajstić information content (AvgIpc) is 3.16. The molecule has 1 aliphatic rings. The fourth-order valence-corrected chi connectivity index (χ4v) is 3.75. The predicted molar refractivity (Wildman–Crippen MR) is 135 cm³/mol. The largest absolute Gasteiger partial charge is 0.381 e. The Morgan fingerprint density at radius 2 is 2.10 bits per heavy atom. The Bertz CT molecular complexity index is 772. The minimum absolute atomic E-state index is 0. The Labute approximate surface area is 197 Å². The summed E-state index contributed by atoms with van der Waals surface area (Å²) in [4.78, 5) is 8.08. The molecular weight excluding hydrogens is 491 g/mol. The molecule has 7 heteroatoms. The van der Waals surface area contributed by atoms with Crippen molar-refractivity contribution in [3.63, 3.8) is 0 Å². The zero-order valence-electron chi connectivity index (χ0n) is 18.3. The van der Waals surface area contributed by atoms with Gasteiger partial charge in [0.2, 0.25) is 0 Å². The molecule has 0 spiro atoms. The van der Waals surface area contributed by atoms with E-state index < -0.39 is 0 Å². The molecule has 2 aromatic rings. The minimum atomic E-state index is 0. The summed E-state index contributed by atoms with van der Waals surface area (Å²) in [6.07, 6.45) is 6.29. The highest BCUT2D eigenvalue weighted by molar-refractivity contribution is 14.0. The maximum absolute atomic E-state index is 5.83. The van der Waals surface area contributed by atoms with Gasteiger partial charge in [0, 0.05) is 63.2 Å². The van der Waals surface area contributed by atoms with E-state index in [1.807, 2.05) is 0 Å². The molecule has 30 heavy (non-hydrogen) atoms. The molecule has 0 bridgehead atoms. The number of nitrogens with zero attached hydrogens (tertiary/aromatic N) is 1. The first-order valence-corrected chi connectivity index (χ1v) is 11.0. The van der Waals surface area contributed by atoms with Gasteiger partial charge in [0.15, 0.2) is 5.96 Å². The lowest BCUT2D eigenvalue weighted by molar-refractivity contribution is 0.0205. The van der Waals surface area contributed by atoms with E-state index in [1.165, 1.54) is 22.0 Å². The molecule has 1 aliphatic heterocycles. The van der Waals surface area contributed by atoms with Crippen molar-refractivity contribution in [2.75, 3.05) is 46.1 Å². The van der Waals surface area contributed by atoms with Crippen LogP contribution in [0, 0.1) is 12.8 Å². The zero-order valence-corrected chi connectivity index (χ0v) is 20.7. The number of hydrogen-bond acceptors (Lipinski definition) is 3. The highest BCUT2D eigenvalue weighted by Gasteiger charge is 2.13. The molecular formula is C23H37IN4O2. The van der Waals surface area contributed by atoms with Crippen molar-refractivity contribution in [1.29, 1.82) is 0 Å². The number of hydrogen-bond donors (Lipinski definition) is 3. The number of ether oxygens (including phenoxy) is 2. The molecule has 3 rings (SSSR count). The summed E-state index contributed by atoms with van der Waals surface area (Å²) < 4.78 is 11.2. The number of para-hydroxylation sites is 1. The molecule has 1 aromatic heterocycles. The van der Waals surface area contributed by atoms with Crippen molar-refractivity contribution in [3.05, 3.63) is 35.5 Å². The van der Waals surface area contributed by atoms with Crippen molar-refractivity contribution in [1.82, 2.24) is 15.6 Å². The molecule has 6 nitrogen and oxygen atoms in total. The van der Waals surface area contributed by atoms with Gasteiger partial charge in [0.05, 0.1) is 0 Å². The van der Waals surface area contributed by atoms with Gasteiger partial charge in [0.1, 0.15) is 0 Å². The molecule has 0 radical (unpaired) electrons. The number of rotatable bonds is 10. The lowest BCUT2D eigenvalue weighted by Crippen LogP contribution is -2.38. The maximum atomic E-state index is 5.83. The molecule has 168 valence electrons. The van der Waals surface area contributed by atoms with Gasteiger partial charge in [-0.1, -0.05) is 18.2 Å².